The summed E-state index contributed by atoms with van der Waals surface area (Å²) in [6.45, 7) is 7.00. The number of amides is 1. The van der Waals surface area contributed by atoms with Crippen LogP contribution in [0.15, 0.2) is 54.6 Å². The van der Waals surface area contributed by atoms with Crippen LogP contribution in [0.25, 0.3) is 0 Å². The van der Waals surface area contributed by atoms with Crippen molar-refractivity contribution in [2.75, 3.05) is 33.8 Å². The molecule has 1 aliphatic carbocycles. The number of piperidine rings is 1. The van der Waals surface area contributed by atoms with E-state index in [9.17, 15) is 9.90 Å². The van der Waals surface area contributed by atoms with E-state index in [1.54, 1.807) is 7.11 Å². The fourth-order valence-corrected chi connectivity index (χ4v) is 6.93. The van der Waals surface area contributed by atoms with Crippen molar-refractivity contribution in [2.24, 2.45) is 11.8 Å². The Labute approximate surface area is 230 Å². The Bertz CT molecular complexity index is 1030. The van der Waals surface area contributed by atoms with Crippen molar-refractivity contribution in [1.29, 1.82) is 0 Å². The van der Waals surface area contributed by atoms with Crippen molar-refractivity contribution >= 4 is 5.91 Å². The molecule has 1 aliphatic heterocycles. The summed E-state index contributed by atoms with van der Waals surface area (Å²) < 4.78 is 5.59. The molecule has 4 rings (SSSR count). The number of carbonyl (C=O) groups excluding carboxylic acids is 1. The zero-order valence-corrected chi connectivity index (χ0v) is 23.9. The molecular weight excluding hydrogens is 472 g/mol. The third kappa shape index (κ3) is 6.79. The molecule has 0 radical (unpaired) electrons. The number of aliphatic hydroxyl groups excluding tert-OH is 1. The Morgan fingerprint density at radius 1 is 1.13 bits per heavy atom. The molecule has 2 aromatic rings. The maximum atomic E-state index is 13.7. The molecule has 0 aromatic heterocycles. The van der Waals surface area contributed by atoms with Crippen LogP contribution in [0.3, 0.4) is 0 Å². The van der Waals surface area contributed by atoms with Gasteiger partial charge >= 0.3 is 0 Å². The topological polar surface area (TPSA) is 53.0 Å². The van der Waals surface area contributed by atoms with Crippen molar-refractivity contribution in [1.82, 2.24) is 9.80 Å². The summed E-state index contributed by atoms with van der Waals surface area (Å²) in [6, 6.07) is 19.1. The first-order valence-corrected chi connectivity index (χ1v) is 14.7. The summed E-state index contributed by atoms with van der Waals surface area (Å²) >= 11 is 0. The minimum absolute atomic E-state index is 0.0510. The predicted molar refractivity (Wildman–Crippen MR) is 154 cm³/mol. The zero-order valence-electron chi connectivity index (χ0n) is 23.9. The first-order chi connectivity index (χ1) is 18.3. The number of methoxy groups -OCH3 is 1. The monoisotopic (exact) mass is 520 g/mol. The second-order valence-electron chi connectivity index (χ2n) is 12.2. The molecule has 2 aliphatic rings. The third-order valence-electron chi connectivity index (χ3n) is 8.90. The highest BCUT2D eigenvalue weighted by Crippen LogP contribution is 2.50. The average Bonchev–Trinajstić information content (AvgIpc) is 2.92. The molecule has 38 heavy (non-hydrogen) atoms. The van der Waals surface area contributed by atoms with Gasteiger partial charge < -0.3 is 19.6 Å². The van der Waals surface area contributed by atoms with Crippen LogP contribution in [0.1, 0.15) is 69.9 Å². The normalized spacial score (nSPS) is 25.7. The quantitative estimate of drug-likeness (QED) is 0.387. The molecule has 1 saturated heterocycles. The third-order valence-corrected chi connectivity index (χ3v) is 8.90. The predicted octanol–water partition coefficient (Wildman–Crippen LogP) is 5.70. The van der Waals surface area contributed by atoms with Crippen LogP contribution in [-0.2, 0) is 16.6 Å². The molecule has 1 N–H and O–H groups in total. The van der Waals surface area contributed by atoms with Crippen molar-refractivity contribution in [3.63, 3.8) is 0 Å². The van der Waals surface area contributed by atoms with Gasteiger partial charge in [0.05, 0.1) is 13.2 Å². The van der Waals surface area contributed by atoms with Gasteiger partial charge in [-0.05, 0) is 81.3 Å². The summed E-state index contributed by atoms with van der Waals surface area (Å²) in [5.74, 6) is 1.65. The number of nitrogens with zero attached hydrogens (tertiary/aromatic N) is 2. The summed E-state index contributed by atoms with van der Waals surface area (Å²) in [5.41, 5.74) is 2.46. The lowest BCUT2D eigenvalue weighted by Crippen LogP contribution is -2.61. The van der Waals surface area contributed by atoms with Crippen LogP contribution in [0, 0.1) is 11.8 Å². The highest BCUT2D eigenvalue weighted by Gasteiger charge is 2.52. The molecule has 4 unspecified atom stereocenters. The van der Waals surface area contributed by atoms with Crippen LogP contribution < -0.4 is 4.74 Å². The smallest absolute Gasteiger partial charge is 0.222 e. The van der Waals surface area contributed by atoms with E-state index in [0.717, 1.165) is 63.9 Å². The number of fused-ring (bicyclic) bond motifs is 1. The molecule has 0 spiro atoms. The van der Waals surface area contributed by atoms with Gasteiger partial charge in [-0.1, -0.05) is 62.7 Å². The lowest BCUT2D eigenvalue weighted by molar-refractivity contribution is -0.139. The summed E-state index contributed by atoms with van der Waals surface area (Å²) in [5, 5.41) is 11.6. The van der Waals surface area contributed by atoms with E-state index in [-0.39, 0.29) is 23.3 Å². The van der Waals surface area contributed by atoms with Crippen molar-refractivity contribution in [3.05, 3.63) is 65.7 Å². The Morgan fingerprint density at radius 2 is 1.92 bits per heavy atom. The number of aryl methyl sites for hydroxylation is 1. The SMILES string of the molecule is COc1cccc(C23CCN(C)CC2C(O)CC(N(CC(C)C)C(=O)CCCCCc2ccccc2)C3)c1. The zero-order chi connectivity index (χ0) is 27.1. The van der Waals surface area contributed by atoms with Gasteiger partial charge in [-0.15, -0.1) is 0 Å². The lowest BCUT2D eigenvalue weighted by Gasteiger charge is -2.56. The lowest BCUT2D eigenvalue weighted by atomic mass is 9.56. The van der Waals surface area contributed by atoms with Crippen LogP contribution in [0.4, 0.5) is 0 Å². The Balaban J connectivity index is 1.49. The number of aliphatic hydroxyl groups is 1. The van der Waals surface area contributed by atoms with Gasteiger partial charge in [0.15, 0.2) is 0 Å². The number of carbonyl (C=O) groups is 1. The molecular formula is C33H48N2O3. The summed E-state index contributed by atoms with van der Waals surface area (Å²) in [7, 11) is 3.87. The first-order valence-electron chi connectivity index (χ1n) is 14.7. The molecule has 2 aromatic carbocycles. The second-order valence-corrected chi connectivity index (χ2v) is 12.2. The highest BCUT2D eigenvalue weighted by molar-refractivity contribution is 5.76. The van der Waals surface area contributed by atoms with Crippen LogP contribution >= 0.6 is 0 Å². The molecule has 208 valence electrons. The number of ether oxygens (including phenoxy) is 1. The fraction of sp³-hybridized carbons (Fsp3) is 0.606. The second kappa shape index (κ2) is 13.1. The van der Waals surface area contributed by atoms with Crippen molar-refractivity contribution in [3.8, 4) is 5.75 Å². The van der Waals surface area contributed by atoms with Crippen molar-refractivity contribution < 1.29 is 14.6 Å². The molecule has 1 heterocycles. The number of hydrogen-bond donors (Lipinski definition) is 1. The Morgan fingerprint density at radius 3 is 2.66 bits per heavy atom. The van der Waals surface area contributed by atoms with Gasteiger partial charge in [-0.3, -0.25) is 4.79 Å². The first kappa shape index (κ1) is 28.6. The van der Waals surface area contributed by atoms with Gasteiger partial charge in [-0.25, -0.2) is 0 Å². The van der Waals surface area contributed by atoms with Crippen LogP contribution in [0.2, 0.25) is 0 Å². The Kier molecular flexibility index (Phi) is 9.89. The fourth-order valence-electron chi connectivity index (χ4n) is 6.93. The molecule has 5 nitrogen and oxygen atoms in total. The van der Waals surface area contributed by atoms with Gasteiger partial charge in [0.1, 0.15) is 5.75 Å². The van der Waals surface area contributed by atoms with Gasteiger partial charge in [0.2, 0.25) is 5.91 Å². The maximum Gasteiger partial charge on any atom is 0.222 e. The van der Waals surface area contributed by atoms with Gasteiger partial charge in [0, 0.05) is 36.9 Å². The molecule has 0 bridgehead atoms. The number of rotatable bonds is 11. The average molecular weight is 521 g/mol. The Hall–Kier alpha value is -2.37. The largest absolute Gasteiger partial charge is 0.497 e. The van der Waals surface area contributed by atoms with E-state index in [4.69, 9.17) is 4.74 Å². The van der Waals surface area contributed by atoms with Gasteiger partial charge in [-0.2, -0.15) is 0 Å². The van der Waals surface area contributed by atoms with E-state index < -0.39 is 6.10 Å². The molecule has 4 atom stereocenters. The minimum Gasteiger partial charge on any atom is -0.497 e. The number of likely N-dealkylation sites (tertiary alicyclic amines) is 1. The van der Waals surface area contributed by atoms with Crippen LogP contribution in [-0.4, -0.2) is 66.8 Å². The molecule has 1 saturated carbocycles. The van der Waals surface area contributed by atoms with E-state index in [0.29, 0.717) is 18.8 Å². The van der Waals surface area contributed by atoms with Crippen LogP contribution in [0.5, 0.6) is 5.75 Å². The number of unbranched alkanes of at least 4 members (excludes halogenated alkanes) is 2. The molecule has 5 heteroatoms. The minimum atomic E-state index is -0.434. The molecule has 1 amide bonds. The number of hydrogen-bond acceptors (Lipinski definition) is 4. The van der Waals surface area contributed by atoms with Gasteiger partial charge in [0.25, 0.3) is 0 Å². The van der Waals surface area contributed by atoms with Crippen molar-refractivity contribution in [2.45, 2.75) is 82.8 Å². The van der Waals surface area contributed by atoms with E-state index in [2.05, 4.69) is 79.2 Å². The standard InChI is InChI=1S/C33H48N2O3/c1-25(2)23-35(32(37)17-10-6-9-14-26-12-7-5-8-13-26)28-21-31(36)30-24-34(3)19-18-33(30,22-28)27-15-11-16-29(20-27)38-4/h5,7-8,11-13,15-16,20,25,28,30-31,36H,6,9-10,14,17-19,21-24H2,1-4H3. The number of benzene rings is 2. The summed E-state index contributed by atoms with van der Waals surface area (Å²) in [6.07, 6.45) is 6.87. The molecule has 2 fully saturated rings. The summed E-state index contributed by atoms with van der Waals surface area (Å²) in [4.78, 5) is 18.2. The van der Waals surface area contributed by atoms with E-state index in [1.807, 2.05) is 6.07 Å². The van der Waals surface area contributed by atoms with E-state index >= 15 is 0 Å². The maximum absolute atomic E-state index is 13.7. The highest BCUT2D eigenvalue weighted by atomic mass is 16.5. The van der Waals surface area contributed by atoms with E-state index in [1.165, 1.54) is 11.1 Å².